The molecule has 1 rings (SSSR count). The molecule has 0 aromatic carbocycles. The number of halogens is 1. The van der Waals surface area contributed by atoms with Gasteiger partial charge in [0.05, 0.1) is 11.7 Å². The van der Waals surface area contributed by atoms with Crippen molar-refractivity contribution in [1.82, 2.24) is 4.90 Å². The Labute approximate surface area is 102 Å². The third-order valence-electron chi connectivity index (χ3n) is 2.98. The fourth-order valence-electron chi connectivity index (χ4n) is 2.04. The summed E-state index contributed by atoms with van der Waals surface area (Å²) < 4.78 is 5.97. The van der Waals surface area contributed by atoms with E-state index in [-0.39, 0.29) is 5.60 Å². The van der Waals surface area contributed by atoms with Crippen LogP contribution in [0.1, 0.15) is 40.0 Å². The molecule has 1 heterocycles. The van der Waals surface area contributed by atoms with Crippen molar-refractivity contribution in [1.29, 1.82) is 0 Å². The molecule has 0 bridgehead atoms. The first kappa shape index (κ1) is 13.5. The van der Waals surface area contributed by atoms with Crippen LogP contribution in [0.3, 0.4) is 0 Å². The molecule has 3 heteroatoms. The van der Waals surface area contributed by atoms with Crippen LogP contribution in [-0.4, -0.2) is 41.6 Å². The molecule has 2 nitrogen and oxygen atoms in total. The lowest BCUT2D eigenvalue weighted by atomic mass is 10.1. The molecule has 1 aliphatic heterocycles. The molecule has 0 aliphatic carbocycles. The monoisotopic (exact) mass is 277 g/mol. The third-order valence-corrected chi connectivity index (χ3v) is 3.44. The maximum absolute atomic E-state index is 5.97. The second kappa shape index (κ2) is 5.65. The van der Waals surface area contributed by atoms with Crippen molar-refractivity contribution in [2.45, 2.75) is 56.6 Å². The Hall–Kier alpha value is 0.400. The summed E-state index contributed by atoms with van der Waals surface area (Å²) in [6, 6.07) is 0. The second-order valence-corrected chi connectivity index (χ2v) is 6.93. The lowest BCUT2D eigenvalue weighted by Crippen LogP contribution is -2.32. The molecule has 0 N–H and O–H groups in total. The minimum absolute atomic E-state index is 0.105. The van der Waals surface area contributed by atoms with E-state index in [0.717, 1.165) is 13.1 Å². The number of likely N-dealkylation sites (N-methyl/N-ethyl adjacent to an activating group) is 1. The molecular weight excluding hydrogens is 254 g/mol. The fourth-order valence-corrected chi connectivity index (χ4v) is 2.25. The van der Waals surface area contributed by atoms with Gasteiger partial charge in [-0.05, 0) is 46.7 Å². The molecule has 1 fully saturated rings. The van der Waals surface area contributed by atoms with Crippen molar-refractivity contribution in [2.75, 3.05) is 20.1 Å². The Morgan fingerprint density at radius 1 is 1.53 bits per heavy atom. The molecule has 0 radical (unpaired) electrons. The van der Waals surface area contributed by atoms with E-state index in [2.05, 4.69) is 48.6 Å². The Bertz CT molecular complexity index is 194. The van der Waals surface area contributed by atoms with E-state index in [1.807, 2.05) is 0 Å². The minimum Gasteiger partial charge on any atom is -0.371 e. The first-order chi connectivity index (χ1) is 6.89. The summed E-state index contributed by atoms with van der Waals surface area (Å²) in [5, 5.41) is 0. The smallest absolute Gasteiger partial charge is 0.0710 e. The van der Waals surface area contributed by atoms with Gasteiger partial charge in [0.15, 0.2) is 0 Å². The van der Waals surface area contributed by atoms with Crippen molar-refractivity contribution in [2.24, 2.45) is 0 Å². The van der Waals surface area contributed by atoms with E-state index in [1.54, 1.807) is 0 Å². The molecule has 0 amide bonds. The van der Waals surface area contributed by atoms with Crippen molar-refractivity contribution in [3.05, 3.63) is 0 Å². The molecular formula is C12H24BrNO. The van der Waals surface area contributed by atoms with Crippen molar-refractivity contribution < 1.29 is 4.74 Å². The lowest BCUT2D eigenvalue weighted by Gasteiger charge is -2.24. The molecule has 0 aromatic rings. The van der Waals surface area contributed by atoms with Gasteiger partial charge < -0.3 is 9.64 Å². The maximum atomic E-state index is 5.97. The average molecular weight is 278 g/mol. The van der Waals surface area contributed by atoms with Gasteiger partial charge in [-0.25, -0.2) is 0 Å². The number of nitrogens with zero attached hydrogens (tertiary/aromatic N) is 1. The van der Waals surface area contributed by atoms with Gasteiger partial charge in [0.25, 0.3) is 0 Å². The number of hydrogen-bond acceptors (Lipinski definition) is 2. The summed E-state index contributed by atoms with van der Waals surface area (Å²) in [5.41, 5.74) is 0.105. The highest BCUT2D eigenvalue weighted by Crippen LogP contribution is 2.29. The van der Waals surface area contributed by atoms with Gasteiger partial charge >= 0.3 is 0 Å². The Morgan fingerprint density at radius 2 is 2.20 bits per heavy atom. The minimum atomic E-state index is 0.105. The summed E-state index contributed by atoms with van der Waals surface area (Å²) in [4.78, 5) is 2.99. The van der Waals surface area contributed by atoms with Gasteiger partial charge in [-0.1, -0.05) is 22.9 Å². The summed E-state index contributed by atoms with van der Waals surface area (Å²) in [5.74, 6) is 0. The largest absolute Gasteiger partial charge is 0.371 e. The van der Waals surface area contributed by atoms with E-state index in [0.29, 0.717) is 10.9 Å². The first-order valence-electron chi connectivity index (χ1n) is 5.89. The number of ether oxygens (including phenoxy) is 1. The number of rotatable bonds is 5. The van der Waals surface area contributed by atoms with E-state index in [9.17, 15) is 0 Å². The SMILES string of the molecule is CC(Br)CCN(C)CC1CCC(C)(C)O1. The van der Waals surface area contributed by atoms with Crippen LogP contribution in [0.5, 0.6) is 0 Å². The van der Waals surface area contributed by atoms with Crippen LogP contribution in [0.15, 0.2) is 0 Å². The van der Waals surface area contributed by atoms with Gasteiger partial charge in [-0.15, -0.1) is 0 Å². The van der Waals surface area contributed by atoms with Crippen molar-refractivity contribution in [3.63, 3.8) is 0 Å². The molecule has 0 aromatic heterocycles. The predicted molar refractivity (Wildman–Crippen MR) is 68.7 cm³/mol. The van der Waals surface area contributed by atoms with E-state index in [1.165, 1.54) is 19.3 Å². The van der Waals surface area contributed by atoms with Crippen LogP contribution < -0.4 is 0 Å². The molecule has 1 saturated heterocycles. The molecule has 0 spiro atoms. The normalized spacial score (nSPS) is 27.2. The zero-order valence-corrected chi connectivity index (χ0v) is 12.0. The van der Waals surface area contributed by atoms with Crippen LogP contribution in [0.25, 0.3) is 0 Å². The molecule has 0 saturated carbocycles. The Morgan fingerprint density at radius 3 is 2.67 bits per heavy atom. The average Bonchev–Trinajstić information content (AvgIpc) is 2.42. The van der Waals surface area contributed by atoms with Gasteiger partial charge in [0, 0.05) is 11.4 Å². The first-order valence-corrected chi connectivity index (χ1v) is 6.81. The summed E-state index contributed by atoms with van der Waals surface area (Å²) in [6.45, 7) is 8.79. The zero-order chi connectivity index (χ0) is 11.5. The summed E-state index contributed by atoms with van der Waals surface area (Å²) in [6.07, 6.45) is 4.05. The van der Waals surface area contributed by atoms with Gasteiger partial charge in [0.2, 0.25) is 0 Å². The van der Waals surface area contributed by atoms with Gasteiger partial charge in [-0.2, -0.15) is 0 Å². The molecule has 1 aliphatic rings. The van der Waals surface area contributed by atoms with E-state index in [4.69, 9.17) is 4.74 Å². The van der Waals surface area contributed by atoms with Gasteiger partial charge in [-0.3, -0.25) is 0 Å². The highest BCUT2D eigenvalue weighted by molar-refractivity contribution is 9.09. The van der Waals surface area contributed by atoms with E-state index < -0.39 is 0 Å². The van der Waals surface area contributed by atoms with Crippen molar-refractivity contribution >= 4 is 15.9 Å². The van der Waals surface area contributed by atoms with Crippen LogP contribution >= 0.6 is 15.9 Å². The van der Waals surface area contributed by atoms with Crippen LogP contribution in [0.2, 0.25) is 0 Å². The van der Waals surface area contributed by atoms with E-state index >= 15 is 0 Å². The Kier molecular flexibility index (Phi) is 5.07. The number of hydrogen-bond donors (Lipinski definition) is 0. The lowest BCUT2D eigenvalue weighted by molar-refractivity contribution is -0.0260. The zero-order valence-electron chi connectivity index (χ0n) is 10.4. The predicted octanol–water partition coefficient (Wildman–Crippen LogP) is 3.05. The van der Waals surface area contributed by atoms with Crippen molar-refractivity contribution in [3.8, 4) is 0 Å². The maximum Gasteiger partial charge on any atom is 0.0710 e. The topological polar surface area (TPSA) is 12.5 Å². The molecule has 90 valence electrons. The Balaban J connectivity index is 2.19. The molecule has 2 unspecified atom stereocenters. The standard InChI is InChI=1S/C12H24BrNO/c1-10(13)6-8-14(4)9-11-5-7-12(2,3)15-11/h10-11H,5-9H2,1-4H3. The van der Waals surface area contributed by atoms with Crippen LogP contribution in [0.4, 0.5) is 0 Å². The summed E-state index contributed by atoms with van der Waals surface area (Å²) >= 11 is 3.58. The van der Waals surface area contributed by atoms with Crippen LogP contribution in [0, 0.1) is 0 Å². The molecule has 15 heavy (non-hydrogen) atoms. The molecule has 2 atom stereocenters. The second-order valence-electron chi connectivity index (χ2n) is 5.37. The van der Waals surface area contributed by atoms with Crippen LogP contribution in [-0.2, 0) is 4.74 Å². The highest BCUT2D eigenvalue weighted by Gasteiger charge is 2.31. The highest BCUT2D eigenvalue weighted by atomic mass is 79.9. The number of alkyl halides is 1. The third kappa shape index (κ3) is 5.32. The fraction of sp³-hybridized carbons (Fsp3) is 1.00. The van der Waals surface area contributed by atoms with Gasteiger partial charge in [0.1, 0.15) is 0 Å². The quantitative estimate of drug-likeness (QED) is 0.717. The summed E-state index contributed by atoms with van der Waals surface area (Å²) in [7, 11) is 2.18.